The summed E-state index contributed by atoms with van der Waals surface area (Å²) in [5.41, 5.74) is 0.884. The molecule has 14 heavy (non-hydrogen) atoms. The van der Waals surface area contributed by atoms with E-state index in [-0.39, 0.29) is 6.54 Å². The molecule has 0 aromatic heterocycles. The summed E-state index contributed by atoms with van der Waals surface area (Å²) in [7, 11) is 0. The van der Waals surface area contributed by atoms with Crippen molar-refractivity contribution < 1.29 is 13.5 Å². The Morgan fingerprint density at radius 1 is 1.43 bits per heavy atom. The van der Waals surface area contributed by atoms with Crippen molar-refractivity contribution in [2.45, 2.75) is 6.54 Å². The molecule has 1 aromatic rings. The molecule has 0 radical (unpaired) electrons. The van der Waals surface area contributed by atoms with E-state index in [1.165, 1.54) is 24.3 Å². The van der Waals surface area contributed by atoms with Crippen LogP contribution in [0.25, 0.3) is 0 Å². The standard InChI is InChI=1S/C8H6BrNO4/c9-14-8(11)7-3-1-6(2-4-7)5-10(12)13/h1-4H,5H2. The van der Waals surface area contributed by atoms with E-state index >= 15 is 0 Å². The van der Waals surface area contributed by atoms with E-state index < -0.39 is 10.9 Å². The molecule has 1 rings (SSSR count). The molecule has 0 saturated carbocycles. The highest BCUT2D eigenvalue weighted by molar-refractivity contribution is 9.06. The van der Waals surface area contributed by atoms with Gasteiger partial charge in [-0.25, -0.2) is 4.79 Å². The number of hydrogen-bond acceptors (Lipinski definition) is 4. The molecule has 0 heterocycles. The summed E-state index contributed by atoms with van der Waals surface area (Å²) in [5, 5.41) is 10.2. The van der Waals surface area contributed by atoms with Crippen molar-refractivity contribution in [2.24, 2.45) is 0 Å². The smallest absolute Gasteiger partial charge is 0.349 e. The minimum atomic E-state index is -0.530. The topological polar surface area (TPSA) is 69.4 Å². The zero-order valence-electron chi connectivity index (χ0n) is 6.97. The van der Waals surface area contributed by atoms with Crippen LogP contribution in [-0.4, -0.2) is 10.9 Å². The summed E-state index contributed by atoms with van der Waals surface area (Å²) >= 11 is 2.55. The van der Waals surface area contributed by atoms with Gasteiger partial charge in [0.1, 0.15) is 0 Å². The molecule has 0 fully saturated rings. The quantitative estimate of drug-likeness (QED) is 0.615. The highest BCUT2D eigenvalue weighted by atomic mass is 79.9. The Balaban J connectivity index is 2.78. The van der Waals surface area contributed by atoms with Crippen molar-refractivity contribution in [1.82, 2.24) is 0 Å². The Labute approximate surface area is 88.3 Å². The van der Waals surface area contributed by atoms with Gasteiger partial charge in [-0.05, 0) is 12.1 Å². The fourth-order valence-electron chi connectivity index (χ4n) is 0.940. The molecule has 1 aromatic carbocycles. The Hall–Kier alpha value is -1.43. The lowest BCUT2D eigenvalue weighted by atomic mass is 10.1. The lowest BCUT2D eigenvalue weighted by Gasteiger charge is -1.97. The van der Waals surface area contributed by atoms with Crippen LogP contribution in [-0.2, 0) is 10.4 Å². The van der Waals surface area contributed by atoms with Crippen molar-refractivity contribution in [1.29, 1.82) is 0 Å². The van der Waals surface area contributed by atoms with Gasteiger partial charge in [-0.2, -0.15) is 0 Å². The number of nitrogens with zero attached hydrogens (tertiary/aromatic N) is 1. The summed E-state index contributed by atoms with van der Waals surface area (Å²) in [5.74, 6) is -0.530. The van der Waals surface area contributed by atoms with Crippen LogP contribution in [0.5, 0.6) is 0 Å². The molecule has 0 spiro atoms. The van der Waals surface area contributed by atoms with Crippen LogP contribution in [0.15, 0.2) is 24.3 Å². The molecular formula is C8H6BrNO4. The summed E-state index contributed by atoms with van der Waals surface area (Å²) < 4.78 is 4.30. The van der Waals surface area contributed by atoms with Crippen molar-refractivity contribution in [2.75, 3.05) is 0 Å². The van der Waals surface area contributed by atoms with Gasteiger partial charge in [0.15, 0.2) is 16.3 Å². The average Bonchev–Trinajstić information content (AvgIpc) is 2.17. The highest BCUT2D eigenvalue weighted by Crippen LogP contribution is 2.07. The third-order valence-corrected chi connectivity index (χ3v) is 1.87. The molecule has 0 N–H and O–H groups in total. The first-order valence-corrected chi connectivity index (χ1v) is 4.32. The Kier molecular flexibility index (Phi) is 3.58. The van der Waals surface area contributed by atoms with E-state index in [2.05, 4.69) is 20.1 Å². The molecule has 0 aliphatic carbocycles. The van der Waals surface area contributed by atoms with Gasteiger partial charge in [-0.3, -0.25) is 10.1 Å². The maximum absolute atomic E-state index is 10.9. The first-order chi connectivity index (χ1) is 6.63. The van der Waals surface area contributed by atoms with Gasteiger partial charge in [0.05, 0.1) is 5.56 Å². The second-order valence-electron chi connectivity index (χ2n) is 2.55. The van der Waals surface area contributed by atoms with E-state index in [1.807, 2.05) is 0 Å². The number of hydrogen-bond donors (Lipinski definition) is 0. The SMILES string of the molecule is O=C(OBr)c1ccc(C[N+](=O)[O-])cc1. The van der Waals surface area contributed by atoms with E-state index in [4.69, 9.17) is 0 Å². The van der Waals surface area contributed by atoms with Crippen LogP contribution in [0.4, 0.5) is 0 Å². The molecule has 0 amide bonds. The fourth-order valence-corrected chi connectivity index (χ4v) is 1.13. The van der Waals surface area contributed by atoms with Crippen LogP contribution in [0.2, 0.25) is 0 Å². The lowest BCUT2D eigenvalue weighted by molar-refractivity contribution is -0.496. The maximum atomic E-state index is 10.9. The van der Waals surface area contributed by atoms with Gasteiger partial charge in [-0.1, -0.05) is 12.1 Å². The first-order valence-electron chi connectivity index (χ1n) is 3.67. The third-order valence-electron chi connectivity index (χ3n) is 1.57. The second-order valence-corrected chi connectivity index (χ2v) is 2.88. The molecule has 6 heteroatoms. The van der Waals surface area contributed by atoms with E-state index in [1.54, 1.807) is 0 Å². The van der Waals surface area contributed by atoms with Gasteiger partial charge in [-0.15, -0.1) is 0 Å². The van der Waals surface area contributed by atoms with Gasteiger partial charge >= 0.3 is 5.97 Å². The molecule has 0 bridgehead atoms. The molecule has 0 saturated heterocycles. The molecule has 0 aliphatic rings. The lowest BCUT2D eigenvalue weighted by Crippen LogP contribution is -2.00. The van der Waals surface area contributed by atoms with Crippen molar-refractivity contribution in [3.63, 3.8) is 0 Å². The van der Waals surface area contributed by atoms with Crippen molar-refractivity contribution in [3.05, 3.63) is 45.5 Å². The van der Waals surface area contributed by atoms with E-state index in [0.717, 1.165) is 0 Å². The fraction of sp³-hybridized carbons (Fsp3) is 0.125. The van der Waals surface area contributed by atoms with E-state index in [0.29, 0.717) is 11.1 Å². The number of carbonyl (C=O) groups is 1. The number of carbonyl (C=O) groups excluding carboxylic acids is 1. The van der Waals surface area contributed by atoms with Gasteiger partial charge in [0, 0.05) is 10.5 Å². The minimum Gasteiger partial charge on any atom is -0.380 e. The summed E-state index contributed by atoms with van der Waals surface area (Å²) in [6.07, 6.45) is 0. The third kappa shape index (κ3) is 2.81. The van der Waals surface area contributed by atoms with Crippen molar-refractivity contribution >= 4 is 22.2 Å². The number of benzene rings is 1. The van der Waals surface area contributed by atoms with Crippen LogP contribution in [0.3, 0.4) is 0 Å². The molecular weight excluding hydrogens is 254 g/mol. The van der Waals surface area contributed by atoms with Crippen LogP contribution in [0.1, 0.15) is 15.9 Å². The zero-order valence-corrected chi connectivity index (χ0v) is 8.56. The largest absolute Gasteiger partial charge is 0.380 e. The molecule has 0 atom stereocenters. The van der Waals surface area contributed by atoms with Crippen LogP contribution >= 0.6 is 16.3 Å². The molecule has 0 unspecified atom stereocenters. The maximum Gasteiger partial charge on any atom is 0.349 e. The van der Waals surface area contributed by atoms with Gasteiger partial charge in [0.25, 0.3) is 0 Å². The van der Waals surface area contributed by atoms with Crippen LogP contribution < -0.4 is 0 Å². The normalized spacial score (nSPS) is 9.50. The number of rotatable bonds is 3. The molecule has 0 aliphatic heterocycles. The summed E-state index contributed by atoms with van der Waals surface area (Å²) in [6.45, 7) is -0.246. The predicted molar refractivity (Wildman–Crippen MR) is 51.5 cm³/mol. The first kappa shape index (κ1) is 10.6. The Bertz CT molecular complexity index is 349. The monoisotopic (exact) mass is 259 g/mol. The summed E-state index contributed by atoms with van der Waals surface area (Å²) in [6, 6.07) is 5.98. The van der Waals surface area contributed by atoms with Crippen molar-refractivity contribution in [3.8, 4) is 0 Å². The Morgan fingerprint density at radius 3 is 2.43 bits per heavy atom. The Morgan fingerprint density at radius 2 is 2.00 bits per heavy atom. The predicted octanol–water partition coefficient (Wildman–Crippen LogP) is 1.93. The van der Waals surface area contributed by atoms with Crippen LogP contribution in [0, 0.1) is 10.1 Å². The second kappa shape index (κ2) is 4.71. The van der Waals surface area contributed by atoms with E-state index in [9.17, 15) is 14.9 Å². The minimum absolute atomic E-state index is 0.246. The highest BCUT2D eigenvalue weighted by Gasteiger charge is 2.07. The molecule has 5 nitrogen and oxygen atoms in total. The molecule has 74 valence electrons. The number of halogens is 1. The summed E-state index contributed by atoms with van der Waals surface area (Å²) in [4.78, 5) is 20.7. The average molecular weight is 260 g/mol. The number of nitro groups is 1. The van der Waals surface area contributed by atoms with Gasteiger partial charge in [0.2, 0.25) is 6.54 Å². The van der Waals surface area contributed by atoms with Gasteiger partial charge < -0.3 is 3.83 Å². The zero-order chi connectivity index (χ0) is 10.6.